The lowest BCUT2D eigenvalue weighted by molar-refractivity contribution is 0.0789. The molecule has 1 fully saturated rings. The number of carbonyl (C=O) groups excluding carboxylic acids is 1. The minimum atomic E-state index is 0.0110. The Balaban J connectivity index is 2.12. The molecular formula is C12H15BrN2O. The quantitative estimate of drug-likeness (QED) is 0.866. The average Bonchev–Trinajstić information content (AvgIpc) is 3.00. The fraction of sp³-hybridized carbons (Fsp3) is 0.417. The van der Waals surface area contributed by atoms with Gasteiger partial charge in [-0.25, -0.2) is 0 Å². The number of hydrogen-bond acceptors (Lipinski definition) is 2. The molecule has 0 spiro atoms. The molecule has 0 saturated heterocycles. The largest absolute Gasteiger partial charge is 0.398 e. The van der Waals surface area contributed by atoms with Crippen LogP contribution in [0, 0.1) is 5.92 Å². The standard InChI is InChI=1S/C12H15BrN2O/c1-15(7-8-2-3-8)12(16)10-5-4-9(13)6-11(10)14/h4-6,8H,2-3,7,14H2,1H3. The van der Waals surface area contributed by atoms with Gasteiger partial charge in [-0.3, -0.25) is 4.79 Å². The first kappa shape index (κ1) is 11.5. The van der Waals surface area contributed by atoms with Crippen LogP contribution >= 0.6 is 15.9 Å². The van der Waals surface area contributed by atoms with Crippen molar-refractivity contribution in [2.45, 2.75) is 12.8 Å². The van der Waals surface area contributed by atoms with Crippen molar-refractivity contribution in [2.75, 3.05) is 19.3 Å². The maximum absolute atomic E-state index is 12.1. The van der Waals surface area contributed by atoms with Crippen molar-refractivity contribution < 1.29 is 4.79 Å². The predicted octanol–water partition coefficient (Wildman–Crippen LogP) is 2.51. The lowest BCUT2D eigenvalue weighted by Crippen LogP contribution is -2.29. The van der Waals surface area contributed by atoms with Gasteiger partial charge in [-0.05, 0) is 37.0 Å². The van der Waals surface area contributed by atoms with E-state index < -0.39 is 0 Å². The fourth-order valence-electron chi connectivity index (χ4n) is 1.70. The van der Waals surface area contributed by atoms with E-state index in [0.29, 0.717) is 17.2 Å². The first-order valence-corrected chi connectivity index (χ1v) is 6.17. The van der Waals surface area contributed by atoms with Gasteiger partial charge in [-0.1, -0.05) is 15.9 Å². The van der Waals surface area contributed by atoms with Crippen molar-refractivity contribution in [3.8, 4) is 0 Å². The number of anilines is 1. The second-order valence-electron chi connectivity index (χ2n) is 4.36. The van der Waals surface area contributed by atoms with Gasteiger partial charge in [0.1, 0.15) is 0 Å². The molecule has 1 amide bonds. The summed E-state index contributed by atoms with van der Waals surface area (Å²) in [5.41, 5.74) is 6.95. The van der Waals surface area contributed by atoms with E-state index in [1.54, 1.807) is 17.0 Å². The third-order valence-corrected chi connectivity index (χ3v) is 3.31. The SMILES string of the molecule is CN(CC1CC1)C(=O)c1ccc(Br)cc1N. The highest BCUT2D eigenvalue weighted by Gasteiger charge is 2.25. The molecule has 1 aliphatic carbocycles. The van der Waals surface area contributed by atoms with E-state index in [1.807, 2.05) is 13.1 Å². The molecule has 0 atom stereocenters. The van der Waals surface area contributed by atoms with Crippen molar-refractivity contribution in [2.24, 2.45) is 5.92 Å². The van der Waals surface area contributed by atoms with E-state index in [0.717, 1.165) is 11.0 Å². The molecule has 4 heteroatoms. The zero-order valence-corrected chi connectivity index (χ0v) is 10.8. The zero-order chi connectivity index (χ0) is 11.7. The van der Waals surface area contributed by atoms with Crippen LogP contribution in [-0.2, 0) is 0 Å². The van der Waals surface area contributed by atoms with Crippen LogP contribution in [0.1, 0.15) is 23.2 Å². The molecule has 86 valence electrons. The number of rotatable bonds is 3. The molecule has 0 heterocycles. The fourth-order valence-corrected chi connectivity index (χ4v) is 2.08. The number of nitrogen functional groups attached to an aromatic ring is 1. The van der Waals surface area contributed by atoms with Crippen molar-refractivity contribution in [1.82, 2.24) is 4.90 Å². The summed E-state index contributed by atoms with van der Waals surface area (Å²) < 4.78 is 0.895. The molecule has 1 aromatic carbocycles. The van der Waals surface area contributed by atoms with E-state index >= 15 is 0 Å². The summed E-state index contributed by atoms with van der Waals surface area (Å²) in [5.74, 6) is 0.711. The summed E-state index contributed by atoms with van der Waals surface area (Å²) in [4.78, 5) is 13.8. The Hall–Kier alpha value is -1.03. The Morgan fingerprint density at radius 1 is 1.56 bits per heavy atom. The van der Waals surface area contributed by atoms with E-state index in [2.05, 4.69) is 15.9 Å². The van der Waals surface area contributed by atoms with Gasteiger partial charge in [0.15, 0.2) is 0 Å². The van der Waals surface area contributed by atoms with E-state index in [9.17, 15) is 4.79 Å². The molecule has 0 aliphatic heterocycles. The Kier molecular flexibility index (Phi) is 3.19. The number of benzene rings is 1. The van der Waals surface area contributed by atoms with Crippen LogP contribution in [0.25, 0.3) is 0 Å². The second kappa shape index (κ2) is 4.45. The van der Waals surface area contributed by atoms with Gasteiger partial charge < -0.3 is 10.6 Å². The molecule has 0 unspecified atom stereocenters. The first-order chi connectivity index (χ1) is 7.58. The van der Waals surface area contributed by atoms with Crippen molar-refractivity contribution in [3.05, 3.63) is 28.2 Å². The number of halogens is 1. The van der Waals surface area contributed by atoms with Crippen molar-refractivity contribution in [3.63, 3.8) is 0 Å². The van der Waals surface area contributed by atoms with Crippen LogP contribution in [0.5, 0.6) is 0 Å². The van der Waals surface area contributed by atoms with Gasteiger partial charge >= 0.3 is 0 Å². The predicted molar refractivity (Wildman–Crippen MR) is 68.2 cm³/mol. The Morgan fingerprint density at radius 3 is 2.81 bits per heavy atom. The maximum atomic E-state index is 12.1. The van der Waals surface area contributed by atoms with E-state index in [4.69, 9.17) is 5.73 Å². The highest BCUT2D eigenvalue weighted by molar-refractivity contribution is 9.10. The van der Waals surface area contributed by atoms with Crippen molar-refractivity contribution >= 4 is 27.5 Å². The van der Waals surface area contributed by atoms with Gasteiger partial charge in [0.25, 0.3) is 5.91 Å². The third-order valence-electron chi connectivity index (χ3n) is 2.82. The number of amides is 1. The highest BCUT2D eigenvalue weighted by atomic mass is 79.9. The lowest BCUT2D eigenvalue weighted by Gasteiger charge is -2.17. The Morgan fingerprint density at radius 2 is 2.25 bits per heavy atom. The summed E-state index contributed by atoms with van der Waals surface area (Å²) >= 11 is 3.33. The van der Waals surface area contributed by atoms with Gasteiger partial charge in [-0.2, -0.15) is 0 Å². The minimum Gasteiger partial charge on any atom is -0.398 e. The van der Waals surface area contributed by atoms with Crippen LogP contribution in [0.15, 0.2) is 22.7 Å². The molecule has 1 aliphatic rings. The molecule has 16 heavy (non-hydrogen) atoms. The van der Waals surface area contributed by atoms with Gasteiger partial charge in [0.2, 0.25) is 0 Å². The van der Waals surface area contributed by atoms with Crippen LogP contribution in [0.2, 0.25) is 0 Å². The van der Waals surface area contributed by atoms with Crippen molar-refractivity contribution in [1.29, 1.82) is 0 Å². The van der Waals surface area contributed by atoms with Gasteiger partial charge in [-0.15, -0.1) is 0 Å². The molecule has 0 aromatic heterocycles. The average molecular weight is 283 g/mol. The monoisotopic (exact) mass is 282 g/mol. The third kappa shape index (κ3) is 2.55. The van der Waals surface area contributed by atoms with E-state index in [1.165, 1.54) is 12.8 Å². The summed E-state index contributed by atoms with van der Waals surface area (Å²) in [5, 5.41) is 0. The summed E-state index contributed by atoms with van der Waals surface area (Å²) in [6.45, 7) is 0.842. The lowest BCUT2D eigenvalue weighted by atomic mass is 10.1. The Labute approximate surface area is 104 Å². The minimum absolute atomic E-state index is 0.0110. The summed E-state index contributed by atoms with van der Waals surface area (Å²) in [6.07, 6.45) is 2.49. The first-order valence-electron chi connectivity index (χ1n) is 5.38. The molecule has 3 nitrogen and oxygen atoms in total. The van der Waals surface area contributed by atoms with Crippen LogP contribution in [0.3, 0.4) is 0 Å². The van der Waals surface area contributed by atoms with Gasteiger partial charge in [0.05, 0.1) is 5.56 Å². The number of carbonyl (C=O) groups is 1. The second-order valence-corrected chi connectivity index (χ2v) is 5.28. The maximum Gasteiger partial charge on any atom is 0.255 e. The van der Waals surface area contributed by atoms with Crippen LogP contribution < -0.4 is 5.73 Å². The smallest absolute Gasteiger partial charge is 0.255 e. The molecular weight excluding hydrogens is 268 g/mol. The topological polar surface area (TPSA) is 46.3 Å². The molecule has 1 aromatic rings. The van der Waals surface area contributed by atoms with Gasteiger partial charge in [0, 0.05) is 23.8 Å². The number of nitrogens with two attached hydrogens (primary N) is 1. The number of nitrogens with zero attached hydrogens (tertiary/aromatic N) is 1. The molecule has 0 radical (unpaired) electrons. The summed E-state index contributed by atoms with van der Waals surface area (Å²) in [7, 11) is 1.84. The molecule has 0 bridgehead atoms. The highest BCUT2D eigenvalue weighted by Crippen LogP contribution is 2.30. The zero-order valence-electron chi connectivity index (χ0n) is 9.24. The normalized spacial score (nSPS) is 14.9. The molecule has 1 saturated carbocycles. The Bertz CT molecular complexity index is 415. The van der Waals surface area contributed by atoms with E-state index in [-0.39, 0.29) is 5.91 Å². The number of hydrogen-bond donors (Lipinski definition) is 1. The van der Waals surface area contributed by atoms with Crippen LogP contribution in [-0.4, -0.2) is 24.4 Å². The van der Waals surface area contributed by atoms with Crippen LogP contribution in [0.4, 0.5) is 5.69 Å². The molecule has 2 rings (SSSR count). The molecule has 2 N–H and O–H groups in total. The summed E-state index contributed by atoms with van der Waals surface area (Å²) in [6, 6.07) is 5.37.